The minimum atomic E-state index is -0.0937. The molecular formula is C16H16N2OS. The molecule has 0 aromatic heterocycles. The van der Waals surface area contributed by atoms with E-state index in [0.29, 0.717) is 0 Å². The second-order valence-electron chi connectivity index (χ2n) is 4.67. The van der Waals surface area contributed by atoms with Crippen LogP contribution in [0.1, 0.15) is 0 Å². The van der Waals surface area contributed by atoms with Crippen LogP contribution in [0.5, 0.6) is 0 Å². The highest BCUT2D eigenvalue weighted by Gasteiger charge is 2.23. The van der Waals surface area contributed by atoms with E-state index in [4.69, 9.17) is 0 Å². The maximum absolute atomic E-state index is 12.2. The first kappa shape index (κ1) is 13.2. The zero-order valence-electron chi connectivity index (χ0n) is 11.0. The van der Waals surface area contributed by atoms with Gasteiger partial charge in [-0.25, -0.2) is 0 Å². The number of rotatable bonds is 3. The highest BCUT2D eigenvalue weighted by Crippen LogP contribution is 2.27. The van der Waals surface area contributed by atoms with Gasteiger partial charge in [-0.2, -0.15) is 0 Å². The topological polar surface area (TPSA) is 41.1 Å². The van der Waals surface area contributed by atoms with Crippen molar-refractivity contribution in [3.8, 4) is 11.1 Å². The largest absolute Gasteiger partial charge is 0.324 e. The summed E-state index contributed by atoms with van der Waals surface area (Å²) in [6, 6.07) is 17.9. The third-order valence-electron chi connectivity index (χ3n) is 3.30. The summed E-state index contributed by atoms with van der Waals surface area (Å²) in [6.45, 7) is 0. The normalized spacial score (nSPS) is 17.9. The number of anilines is 1. The van der Waals surface area contributed by atoms with Crippen molar-refractivity contribution in [3.05, 3.63) is 54.6 Å². The smallest absolute Gasteiger partial charge is 0.242 e. The molecule has 1 saturated heterocycles. The zero-order valence-corrected chi connectivity index (χ0v) is 11.8. The van der Waals surface area contributed by atoms with E-state index < -0.39 is 0 Å². The van der Waals surface area contributed by atoms with E-state index in [-0.39, 0.29) is 11.9 Å². The molecule has 0 saturated carbocycles. The highest BCUT2D eigenvalue weighted by molar-refractivity contribution is 7.99. The molecule has 1 aliphatic heterocycles. The number of para-hydroxylation sites is 1. The van der Waals surface area contributed by atoms with Gasteiger partial charge in [-0.1, -0.05) is 48.5 Å². The molecule has 1 aliphatic rings. The Hall–Kier alpha value is -1.78. The number of hydrogen-bond donors (Lipinski definition) is 2. The van der Waals surface area contributed by atoms with Crippen molar-refractivity contribution >= 4 is 23.4 Å². The van der Waals surface area contributed by atoms with Crippen LogP contribution in [0.3, 0.4) is 0 Å². The molecule has 0 spiro atoms. The van der Waals surface area contributed by atoms with Crippen LogP contribution in [-0.2, 0) is 4.79 Å². The van der Waals surface area contributed by atoms with Gasteiger partial charge in [0.1, 0.15) is 0 Å². The standard InChI is InChI=1S/C16H16N2OS/c19-16(15-10-20-11-17-15)18-14-9-5-4-8-13(14)12-6-2-1-3-7-12/h1-9,15,17H,10-11H2,(H,18,19). The van der Waals surface area contributed by atoms with Gasteiger partial charge in [-0.3, -0.25) is 10.1 Å². The Morgan fingerprint density at radius 3 is 2.60 bits per heavy atom. The maximum atomic E-state index is 12.2. The van der Waals surface area contributed by atoms with Crippen molar-refractivity contribution in [2.75, 3.05) is 16.9 Å². The number of benzene rings is 2. The first-order valence-corrected chi connectivity index (χ1v) is 7.76. The third-order valence-corrected chi connectivity index (χ3v) is 4.24. The fraction of sp³-hybridized carbons (Fsp3) is 0.188. The Morgan fingerprint density at radius 1 is 1.10 bits per heavy atom. The van der Waals surface area contributed by atoms with E-state index >= 15 is 0 Å². The second-order valence-corrected chi connectivity index (χ2v) is 5.70. The molecular weight excluding hydrogens is 268 g/mol. The van der Waals surface area contributed by atoms with Gasteiger partial charge in [0.2, 0.25) is 5.91 Å². The summed E-state index contributed by atoms with van der Waals surface area (Å²) >= 11 is 1.75. The van der Waals surface area contributed by atoms with Crippen molar-refractivity contribution < 1.29 is 4.79 Å². The summed E-state index contributed by atoms with van der Waals surface area (Å²) < 4.78 is 0. The minimum absolute atomic E-state index is 0.0402. The maximum Gasteiger partial charge on any atom is 0.242 e. The molecule has 1 fully saturated rings. The molecule has 2 N–H and O–H groups in total. The Labute approximate surface area is 122 Å². The van der Waals surface area contributed by atoms with Crippen LogP contribution in [0.4, 0.5) is 5.69 Å². The van der Waals surface area contributed by atoms with Gasteiger partial charge < -0.3 is 5.32 Å². The summed E-state index contributed by atoms with van der Waals surface area (Å²) in [6.07, 6.45) is 0. The van der Waals surface area contributed by atoms with E-state index in [2.05, 4.69) is 22.8 Å². The van der Waals surface area contributed by atoms with E-state index in [1.165, 1.54) is 0 Å². The summed E-state index contributed by atoms with van der Waals surface area (Å²) in [4.78, 5) is 12.2. The van der Waals surface area contributed by atoms with Crippen LogP contribution < -0.4 is 10.6 Å². The van der Waals surface area contributed by atoms with Gasteiger partial charge >= 0.3 is 0 Å². The molecule has 3 nitrogen and oxygen atoms in total. The summed E-state index contributed by atoms with van der Waals surface area (Å²) in [5.74, 6) is 1.72. The average molecular weight is 284 g/mol. The average Bonchev–Trinajstić information content (AvgIpc) is 3.03. The lowest BCUT2D eigenvalue weighted by atomic mass is 10.0. The van der Waals surface area contributed by atoms with Gasteiger partial charge in [-0.05, 0) is 11.6 Å². The van der Waals surface area contributed by atoms with E-state index in [1.807, 2.05) is 42.5 Å². The lowest BCUT2D eigenvalue weighted by Gasteiger charge is -2.14. The number of hydrogen-bond acceptors (Lipinski definition) is 3. The van der Waals surface area contributed by atoms with Crippen LogP contribution >= 0.6 is 11.8 Å². The van der Waals surface area contributed by atoms with Gasteiger partial charge in [0.25, 0.3) is 0 Å². The quantitative estimate of drug-likeness (QED) is 0.910. The van der Waals surface area contributed by atoms with Crippen molar-refractivity contribution in [2.24, 2.45) is 0 Å². The molecule has 4 heteroatoms. The molecule has 20 heavy (non-hydrogen) atoms. The molecule has 1 amide bonds. The Balaban J connectivity index is 1.85. The Bertz CT molecular complexity index is 594. The number of carbonyl (C=O) groups is 1. The molecule has 3 rings (SSSR count). The lowest BCUT2D eigenvalue weighted by molar-refractivity contribution is -0.117. The highest BCUT2D eigenvalue weighted by atomic mass is 32.2. The van der Waals surface area contributed by atoms with E-state index in [0.717, 1.165) is 28.4 Å². The van der Waals surface area contributed by atoms with E-state index in [1.54, 1.807) is 11.8 Å². The Morgan fingerprint density at radius 2 is 1.85 bits per heavy atom. The molecule has 0 radical (unpaired) electrons. The molecule has 102 valence electrons. The summed E-state index contributed by atoms with van der Waals surface area (Å²) in [5, 5.41) is 6.22. The van der Waals surface area contributed by atoms with Crippen LogP contribution in [-0.4, -0.2) is 23.6 Å². The van der Waals surface area contributed by atoms with Crippen molar-refractivity contribution in [1.82, 2.24) is 5.32 Å². The fourth-order valence-electron chi connectivity index (χ4n) is 2.25. The van der Waals surface area contributed by atoms with Crippen LogP contribution in [0, 0.1) is 0 Å². The Kier molecular flexibility index (Phi) is 4.04. The minimum Gasteiger partial charge on any atom is -0.324 e. The number of nitrogens with one attached hydrogen (secondary N) is 2. The number of thioether (sulfide) groups is 1. The van der Waals surface area contributed by atoms with Crippen molar-refractivity contribution in [3.63, 3.8) is 0 Å². The molecule has 0 aliphatic carbocycles. The van der Waals surface area contributed by atoms with Crippen LogP contribution in [0.25, 0.3) is 11.1 Å². The monoisotopic (exact) mass is 284 g/mol. The van der Waals surface area contributed by atoms with Crippen LogP contribution in [0.2, 0.25) is 0 Å². The van der Waals surface area contributed by atoms with Crippen molar-refractivity contribution in [1.29, 1.82) is 0 Å². The zero-order chi connectivity index (χ0) is 13.8. The molecule has 1 unspecified atom stereocenters. The molecule has 0 bridgehead atoms. The molecule has 2 aromatic rings. The SMILES string of the molecule is O=C(Nc1ccccc1-c1ccccc1)C1CSCN1. The number of amides is 1. The van der Waals surface area contributed by atoms with Gasteiger partial charge in [0, 0.05) is 22.9 Å². The first-order chi connectivity index (χ1) is 9.84. The van der Waals surface area contributed by atoms with E-state index in [9.17, 15) is 4.79 Å². The lowest BCUT2D eigenvalue weighted by Crippen LogP contribution is -2.37. The predicted molar refractivity (Wildman–Crippen MR) is 84.8 cm³/mol. The summed E-state index contributed by atoms with van der Waals surface area (Å²) in [5.41, 5.74) is 3.02. The molecule has 1 heterocycles. The number of carbonyl (C=O) groups excluding carboxylic acids is 1. The third kappa shape index (κ3) is 2.86. The first-order valence-electron chi connectivity index (χ1n) is 6.61. The predicted octanol–water partition coefficient (Wildman–Crippen LogP) is 2.95. The van der Waals surface area contributed by atoms with Gasteiger partial charge in [0.05, 0.1) is 6.04 Å². The van der Waals surface area contributed by atoms with Crippen molar-refractivity contribution in [2.45, 2.75) is 6.04 Å². The van der Waals surface area contributed by atoms with Crippen LogP contribution in [0.15, 0.2) is 54.6 Å². The molecule has 2 aromatic carbocycles. The molecule has 1 atom stereocenters. The second kappa shape index (κ2) is 6.11. The van der Waals surface area contributed by atoms with Gasteiger partial charge in [-0.15, -0.1) is 11.8 Å². The fourth-order valence-corrected chi connectivity index (χ4v) is 3.19. The van der Waals surface area contributed by atoms with Gasteiger partial charge in [0.15, 0.2) is 0 Å². The summed E-state index contributed by atoms with van der Waals surface area (Å²) in [7, 11) is 0.